The Hall–Kier alpha value is -1.82. The van der Waals surface area contributed by atoms with Crippen LogP contribution in [0.25, 0.3) is 21.5 Å². The predicted octanol–water partition coefficient (Wildman–Crippen LogP) is 11.6. The molecule has 0 saturated carbocycles. The van der Waals surface area contributed by atoms with E-state index in [1.807, 2.05) is 55.4 Å². The minimum Gasteiger partial charge on any atom is -0.0683 e. The molecule has 182 valence electrons. The van der Waals surface area contributed by atoms with E-state index in [-0.39, 0.29) is 0 Å². The molecule has 0 aromatic heterocycles. The second-order valence-electron chi connectivity index (χ2n) is 8.10. The van der Waals surface area contributed by atoms with Crippen LogP contribution in [0.1, 0.15) is 128 Å². The van der Waals surface area contributed by atoms with Crippen LogP contribution in [-0.2, 0) is 0 Å². The fourth-order valence-electron chi connectivity index (χ4n) is 4.06. The molecule has 0 N–H and O–H groups in total. The van der Waals surface area contributed by atoms with E-state index in [0.29, 0.717) is 11.8 Å². The maximum absolute atomic E-state index is 2.42. The first-order chi connectivity index (χ1) is 15.2. The molecule has 0 aliphatic carbocycles. The number of fused-ring (bicyclic) bond motifs is 2. The zero-order valence-corrected chi connectivity index (χ0v) is 24.5. The third-order valence-electron chi connectivity index (χ3n) is 5.58. The maximum Gasteiger partial charge on any atom is -0.0137 e. The van der Waals surface area contributed by atoms with Crippen LogP contribution in [-0.4, -0.2) is 0 Å². The Morgan fingerprint density at radius 1 is 0.375 bits per heavy atom. The van der Waals surface area contributed by atoms with Gasteiger partial charge in [-0.3, -0.25) is 0 Å². The summed E-state index contributed by atoms with van der Waals surface area (Å²) in [6.07, 6.45) is 0. The molecule has 0 saturated heterocycles. The van der Waals surface area contributed by atoms with Gasteiger partial charge >= 0.3 is 0 Å². The summed E-state index contributed by atoms with van der Waals surface area (Å²) in [6, 6.07) is 9.67. The Bertz CT molecular complexity index is 793. The maximum atomic E-state index is 2.42. The van der Waals surface area contributed by atoms with Crippen LogP contribution in [0.5, 0.6) is 0 Å². The summed E-state index contributed by atoms with van der Waals surface area (Å²) in [5.41, 5.74) is 8.58. The van der Waals surface area contributed by atoms with Gasteiger partial charge in [-0.2, -0.15) is 0 Å². The highest BCUT2D eigenvalue weighted by Crippen LogP contribution is 2.41. The van der Waals surface area contributed by atoms with E-state index in [1.165, 1.54) is 54.9 Å². The lowest BCUT2D eigenvalue weighted by molar-refractivity contribution is 0.872. The molecule has 0 atom stereocenters. The lowest BCUT2D eigenvalue weighted by atomic mass is 9.81. The van der Waals surface area contributed by atoms with Crippen LogP contribution in [0.3, 0.4) is 0 Å². The number of hydrogen-bond donors (Lipinski definition) is 0. The number of aryl methyl sites for hydroxylation is 4. The van der Waals surface area contributed by atoms with Gasteiger partial charge in [0.1, 0.15) is 0 Å². The predicted molar refractivity (Wildman–Crippen MR) is 154 cm³/mol. The van der Waals surface area contributed by atoms with E-state index < -0.39 is 0 Å². The first kappa shape index (κ1) is 32.4. The van der Waals surface area contributed by atoms with E-state index in [1.54, 1.807) is 0 Å². The van der Waals surface area contributed by atoms with Gasteiger partial charge in [-0.15, -0.1) is 0 Å². The lowest BCUT2D eigenvalue weighted by Crippen LogP contribution is -2.01. The van der Waals surface area contributed by atoms with Crippen LogP contribution >= 0.6 is 0 Å². The molecule has 0 heteroatoms. The molecule has 0 amide bonds. The summed E-state index contributed by atoms with van der Waals surface area (Å²) in [7, 11) is 0. The summed E-state index contributed by atoms with van der Waals surface area (Å²) in [5, 5.41) is 5.81. The standard InChI is InChI=1S/C24H30.4C2H6/c1-13(2)23-19-9-15(5)17(7)11-21(19)24(14(3)4)22-12-18(8)16(6)10-20(22)23;4*1-2/h9-14H,1-8H3;4*1-2H3. The normalized spacial score (nSPS) is 9.81. The van der Waals surface area contributed by atoms with Gasteiger partial charge < -0.3 is 0 Å². The average molecular weight is 439 g/mol. The van der Waals surface area contributed by atoms with Crippen LogP contribution in [0.2, 0.25) is 0 Å². The largest absolute Gasteiger partial charge is 0.0683 e. The van der Waals surface area contributed by atoms with Crippen molar-refractivity contribution in [3.63, 3.8) is 0 Å². The van der Waals surface area contributed by atoms with Crippen molar-refractivity contribution in [1.82, 2.24) is 0 Å². The Morgan fingerprint density at radius 3 is 0.656 bits per heavy atom. The smallest absolute Gasteiger partial charge is 0.0137 e. The molecule has 0 spiro atoms. The number of rotatable bonds is 2. The van der Waals surface area contributed by atoms with Gasteiger partial charge in [0.25, 0.3) is 0 Å². The topological polar surface area (TPSA) is 0 Å². The molecule has 0 aliphatic heterocycles. The second-order valence-corrected chi connectivity index (χ2v) is 8.10. The van der Waals surface area contributed by atoms with Crippen molar-refractivity contribution >= 4 is 21.5 Å². The highest BCUT2D eigenvalue weighted by atomic mass is 14.2. The molecular formula is C32H54. The van der Waals surface area contributed by atoms with Gasteiger partial charge in [-0.25, -0.2) is 0 Å². The van der Waals surface area contributed by atoms with Gasteiger partial charge in [0.15, 0.2) is 0 Å². The highest BCUT2D eigenvalue weighted by molar-refractivity contribution is 6.07. The van der Waals surface area contributed by atoms with Crippen molar-refractivity contribution in [1.29, 1.82) is 0 Å². The van der Waals surface area contributed by atoms with Crippen molar-refractivity contribution in [3.8, 4) is 0 Å². The summed E-state index contributed by atoms with van der Waals surface area (Å²) in [5.74, 6) is 1.03. The molecule has 32 heavy (non-hydrogen) atoms. The average Bonchev–Trinajstić information content (AvgIpc) is 2.79. The van der Waals surface area contributed by atoms with Crippen LogP contribution < -0.4 is 0 Å². The third kappa shape index (κ3) is 7.09. The molecule has 0 nitrogen and oxygen atoms in total. The van der Waals surface area contributed by atoms with Gasteiger partial charge in [-0.05, 0) is 94.5 Å². The summed E-state index contributed by atoms with van der Waals surface area (Å²) >= 11 is 0. The molecule has 3 rings (SSSR count). The second kappa shape index (κ2) is 15.9. The van der Waals surface area contributed by atoms with E-state index in [4.69, 9.17) is 0 Å². The van der Waals surface area contributed by atoms with Crippen molar-refractivity contribution in [2.75, 3.05) is 0 Å². The fraction of sp³-hybridized carbons (Fsp3) is 0.562. The Morgan fingerprint density at radius 2 is 0.531 bits per heavy atom. The molecule has 0 unspecified atom stereocenters. The molecule has 0 fully saturated rings. The SMILES string of the molecule is CC.CC.CC.CC.Cc1cc2c(C(C)C)c3cc(C)c(C)cc3c(C(C)C)c2cc1C. The minimum atomic E-state index is 0.514. The molecule has 0 bridgehead atoms. The first-order valence-corrected chi connectivity index (χ1v) is 13.2. The molecule has 0 radical (unpaired) electrons. The van der Waals surface area contributed by atoms with E-state index in [0.717, 1.165) is 0 Å². The molecule has 3 aromatic carbocycles. The number of hydrogen-bond acceptors (Lipinski definition) is 0. The molecular weight excluding hydrogens is 384 g/mol. The van der Waals surface area contributed by atoms with E-state index >= 15 is 0 Å². The molecule has 0 aliphatic rings. The lowest BCUT2D eigenvalue weighted by Gasteiger charge is -2.23. The third-order valence-corrected chi connectivity index (χ3v) is 5.58. The highest BCUT2D eigenvalue weighted by Gasteiger charge is 2.19. The van der Waals surface area contributed by atoms with E-state index in [2.05, 4.69) is 79.7 Å². The van der Waals surface area contributed by atoms with Crippen LogP contribution in [0, 0.1) is 27.7 Å². The van der Waals surface area contributed by atoms with Crippen LogP contribution in [0.4, 0.5) is 0 Å². The van der Waals surface area contributed by atoms with Gasteiger partial charge in [-0.1, -0.05) is 107 Å². The van der Waals surface area contributed by atoms with Crippen molar-refractivity contribution in [2.45, 2.75) is 123 Å². The minimum absolute atomic E-state index is 0.514. The number of benzene rings is 3. The zero-order chi connectivity index (χ0) is 25.8. The van der Waals surface area contributed by atoms with Crippen LogP contribution in [0.15, 0.2) is 24.3 Å². The zero-order valence-electron chi connectivity index (χ0n) is 24.5. The van der Waals surface area contributed by atoms with Gasteiger partial charge in [0, 0.05) is 0 Å². The van der Waals surface area contributed by atoms with Crippen molar-refractivity contribution in [3.05, 3.63) is 57.6 Å². The molecule has 3 aromatic rings. The Kier molecular flexibility index (Phi) is 16.1. The van der Waals surface area contributed by atoms with E-state index in [9.17, 15) is 0 Å². The molecule has 0 heterocycles. The fourth-order valence-corrected chi connectivity index (χ4v) is 4.06. The Labute approximate surface area is 201 Å². The first-order valence-electron chi connectivity index (χ1n) is 13.2. The quantitative estimate of drug-likeness (QED) is 0.349. The summed E-state index contributed by atoms with van der Waals surface area (Å²) in [4.78, 5) is 0. The van der Waals surface area contributed by atoms with Gasteiger partial charge in [0.05, 0.1) is 0 Å². The Balaban J connectivity index is 0. The van der Waals surface area contributed by atoms with Crippen molar-refractivity contribution < 1.29 is 0 Å². The summed E-state index contributed by atoms with van der Waals surface area (Å²) in [6.45, 7) is 34.2. The van der Waals surface area contributed by atoms with Crippen molar-refractivity contribution in [2.24, 2.45) is 0 Å². The monoisotopic (exact) mass is 438 g/mol. The van der Waals surface area contributed by atoms with Gasteiger partial charge in [0.2, 0.25) is 0 Å². The summed E-state index contributed by atoms with van der Waals surface area (Å²) < 4.78 is 0.